The fourth-order valence-corrected chi connectivity index (χ4v) is 4.03. The molecule has 1 aromatic heterocycles. The third kappa shape index (κ3) is 2.19. The van der Waals surface area contributed by atoms with E-state index in [4.69, 9.17) is 0 Å². The number of carboxylic acids is 1. The zero-order valence-electron chi connectivity index (χ0n) is 11.4. The lowest BCUT2D eigenvalue weighted by atomic mass is 10.1. The normalized spacial score (nSPS) is 18.4. The highest BCUT2D eigenvalue weighted by molar-refractivity contribution is 7.21. The predicted molar refractivity (Wildman–Crippen MR) is 78.2 cm³/mol. The Labute approximate surface area is 124 Å². The van der Waals surface area contributed by atoms with Crippen molar-refractivity contribution >= 4 is 33.3 Å². The van der Waals surface area contributed by atoms with Crippen molar-refractivity contribution in [1.29, 1.82) is 0 Å². The first-order valence-electron chi connectivity index (χ1n) is 6.72. The van der Waals surface area contributed by atoms with Gasteiger partial charge in [-0.3, -0.25) is 4.79 Å². The Morgan fingerprint density at radius 3 is 2.86 bits per heavy atom. The van der Waals surface area contributed by atoms with E-state index in [0.717, 1.165) is 0 Å². The molecule has 6 heteroatoms. The molecule has 0 unspecified atom stereocenters. The molecule has 0 saturated carbocycles. The first-order valence-corrected chi connectivity index (χ1v) is 7.53. The molecule has 4 nitrogen and oxygen atoms in total. The Balaban J connectivity index is 2.04. The number of hydrogen-bond acceptors (Lipinski definition) is 3. The Morgan fingerprint density at radius 1 is 1.43 bits per heavy atom. The molecular weight excluding hydrogens is 293 g/mol. The van der Waals surface area contributed by atoms with Gasteiger partial charge >= 0.3 is 5.97 Å². The van der Waals surface area contributed by atoms with Gasteiger partial charge in [0.25, 0.3) is 5.91 Å². The molecule has 0 aliphatic carbocycles. The second-order valence-corrected chi connectivity index (χ2v) is 6.22. The second kappa shape index (κ2) is 5.11. The van der Waals surface area contributed by atoms with Crippen LogP contribution in [0.15, 0.2) is 18.2 Å². The minimum atomic E-state index is -0.981. The van der Waals surface area contributed by atoms with Crippen molar-refractivity contribution in [1.82, 2.24) is 4.90 Å². The molecule has 21 heavy (non-hydrogen) atoms. The van der Waals surface area contributed by atoms with E-state index in [9.17, 15) is 19.1 Å². The summed E-state index contributed by atoms with van der Waals surface area (Å²) in [5.41, 5.74) is 0.592. The number of benzene rings is 1. The summed E-state index contributed by atoms with van der Waals surface area (Å²) < 4.78 is 14.6. The number of halogens is 1. The topological polar surface area (TPSA) is 57.6 Å². The van der Waals surface area contributed by atoms with Gasteiger partial charge in [0.05, 0.1) is 4.88 Å². The van der Waals surface area contributed by atoms with Crippen molar-refractivity contribution in [3.8, 4) is 0 Å². The highest BCUT2D eigenvalue weighted by Crippen LogP contribution is 2.34. The van der Waals surface area contributed by atoms with E-state index in [1.54, 1.807) is 19.1 Å². The Kier molecular flexibility index (Phi) is 3.41. The molecule has 1 amide bonds. The van der Waals surface area contributed by atoms with Crippen LogP contribution in [0.5, 0.6) is 0 Å². The summed E-state index contributed by atoms with van der Waals surface area (Å²) in [6, 6.07) is 3.97. The van der Waals surface area contributed by atoms with Crippen LogP contribution >= 0.6 is 11.3 Å². The van der Waals surface area contributed by atoms with Crippen LogP contribution in [-0.2, 0) is 4.79 Å². The smallest absolute Gasteiger partial charge is 0.326 e. The van der Waals surface area contributed by atoms with Crippen LogP contribution in [-0.4, -0.2) is 34.5 Å². The average Bonchev–Trinajstić information content (AvgIpc) is 3.04. The number of nitrogens with zero attached hydrogens (tertiary/aromatic N) is 1. The highest BCUT2D eigenvalue weighted by atomic mass is 32.1. The van der Waals surface area contributed by atoms with Gasteiger partial charge in [0, 0.05) is 16.6 Å². The van der Waals surface area contributed by atoms with E-state index in [2.05, 4.69) is 0 Å². The lowest BCUT2D eigenvalue weighted by molar-refractivity contribution is -0.141. The number of carboxylic acid groups (broad SMARTS) is 1. The number of hydrogen-bond donors (Lipinski definition) is 1. The fraction of sp³-hybridized carbons (Fsp3) is 0.333. The molecule has 2 aromatic rings. The van der Waals surface area contributed by atoms with Crippen molar-refractivity contribution in [3.05, 3.63) is 34.5 Å². The third-order valence-corrected chi connectivity index (χ3v) is 5.14. The van der Waals surface area contributed by atoms with Crippen LogP contribution in [0.4, 0.5) is 4.39 Å². The molecule has 0 radical (unpaired) electrons. The first-order chi connectivity index (χ1) is 10.0. The Hall–Kier alpha value is -1.95. The van der Waals surface area contributed by atoms with E-state index in [1.165, 1.54) is 22.3 Å². The Morgan fingerprint density at radius 2 is 2.19 bits per heavy atom. The van der Waals surface area contributed by atoms with Crippen LogP contribution in [0, 0.1) is 12.7 Å². The van der Waals surface area contributed by atoms with Gasteiger partial charge in [-0.15, -0.1) is 11.3 Å². The fourth-order valence-electron chi connectivity index (χ4n) is 2.85. The van der Waals surface area contributed by atoms with Gasteiger partial charge < -0.3 is 10.0 Å². The zero-order valence-corrected chi connectivity index (χ0v) is 12.2. The molecule has 110 valence electrons. The van der Waals surface area contributed by atoms with Crippen molar-refractivity contribution in [2.75, 3.05) is 6.54 Å². The van der Waals surface area contributed by atoms with E-state index >= 15 is 0 Å². The largest absolute Gasteiger partial charge is 0.480 e. The van der Waals surface area contributed by atoms with Crippen molar-refractivity contribution in [3.63, 3.8) is 0 Å². The van der Waals surface area contributed by atoms with Gasteiger partial charge in [0.1, 0.15) is 11.9 Å². The molecule has 1 aliphatic heterocycles. The van der Waals surface area contributed by atoms with Gasteiger partial charge in [-0.25, -0.2) is 9.18 Å². The van der Waals surface area contributed by atoms with Gasteiger partial charge in [0.2, 0.25) is 0 Å². The predicted octanol–water partition coefficient (Wildman–Crippen LogP) is 3.04. The van der Waals surface area contributed by atoms with Gasteiger partial charge in [-0.2, -0.15) is 0 Å². The minimum Gasteiger partial charge on any atom is -0.480 e. The molecule has 0 bridgehead atoms. The molecular formula is C15H14FNO3S. The van der Waals surface area contributed by atoms with Crippen molar-refractivity contribution in [2.24, 2.45) is 0 Å². The quantitative estimate of drug-likeness (QED) is 0.927. The summed E-state index contributed by atoms with van der Waals surface area (Å²) in [5, 5.41) is 9.64. The number of amides is 1. The van der Waals surface area contributed by atoms with Crippen LogP contribution < -0.4 is 0 Å². The maximum absolute atomic E-state index is 13.9. The molecule has 3 rings (SSSR count). The van der Waals surface area contributed by atoms with Crippen LogP contribution in [0.2, 0.25) is 0 Å². The molecule has 1 N–H and O–H groups in total. The summed E-state index contributed by atoms with van der Waals surface area (Å²) in [4.78, 5) is 25.6. The van der Waals surface area contributed by atoms with Crippen molar-refractivity contribution < 1.29 is 19.1 Å². The highest BCUT2D eigenvalue weighted by Gasteiger charge is 2.35. The lowest BCUT2D eigenvalue weighted by Gasteiger charge is -2.21. The van der Waals surface area contributed by atoms with Gasteiger partial charge in [0.15, 0.2) is 0 Å². The van der Waals surface area contributed by atoms with Gasteiger partial charge in [-0.1, -0.05) is 6.07 Å². The maximum atomic E-state index is 13.9. The van der Waals surface area contributed by atoms with E-state index in [0.29, 0.717) is 39.9 Å². The Bertz CT molecular complexity index is 740. The summed E-state index contributed by atoms with van der Waals surface area (Å²) >= 11 is 1.22. The van der Waals surface area contributed by atoms with Crippen LogP contribution in [0.1, 0.15) is 28.1 Å². The number of rotatable bonds is 2. The summed E-state index contributed by atoms with van der Waals surface area (Å²) in [5.74, 6) is -1.64. The number of thiophene rings is 1. The first kappa shape index (κ1) is 14.0. The maximum Gasteiger partial charge on any atom is 0.326 e. The molecule has 1 atom stereocenters. The monoisotopic (exact) mass is 307 g/mol. The number of aryl methyl sites for hydroxylation is 1. The van der Waals surface area contributed by atoms with Crippen LogP contribution in [0.25, 0.3) is 10.1 Å². The molecule has 1 saturated heterocycles. The van der Waals surface area contributed by atoms with Gasteiger partial charge in [-0.05, 0) is 37.5 Å². The zero-order chi connectivity index (χ0) is 15.1. The molecule has 1 fully saturated rings. The molecule has 1 aliphatic rings. The molecule has 2 heterocycles. The number of fused-ring (bicyclic) bond motifs is 1. The number of carbonyl (C=O) groups excluding carboxylic acids is 1. The average molecular weight is 307 g/mol. The summed E-state index contributed by atoms with van der Waals surface area (Å²) in [6.07, 6.45) is 1.15. The summed E-state index contributed by atoms with van der Waals surface area (Å²) in [6.45, 7) is 2.15. The minimum absolute atomic E-state index is 0.307. The molecule has 0 spiro atoms. The van der Waals surface area contributed by atoms with E-state index < -0.39 is 12.0 Å². The lowest BCUT2D eigenvalue weighted by Crippen LogP contribution is -2.40. The number of carbonyl (C=O) groups is 2. The summed E-state index contributed by atoms with van der Waals surface area (Å²) in [7, 11) is 0. The molecule has 1 aromatic carbocycles. The van der Waals surface area contributed by atoms with E-state index in [1.807, 2.05) is 0 Å². The third-order valence-electron chi connectivity index (χ3n) is 3.90. The van der Waals surface area contributed by atoms with Crippen molar-refractivity contribution in [2.45, 2.75) is 25.8 Å². The van der Waals surface area contributed by atoms with Crippen LogP contribution in [0.3, 0.4) is 0 Å². The number of likely N-dealkylation sites (tertiary alicyclic amines) is 1. The second-order valence-electron chi connectivity index (χ2n) is 5.16. The number of aliphatic carboxylic acids is 1. The standard InChI is InChI=1S/C15H14FNO3S/c1-8-12-9(16)4-2-6-11(12)21-13(8)14(18)17-7-3-5-10(17)15(19)20/h2,4,6,10H,3,5,7H2,1H3,(H,19,20)/t10-/m1/s1. The van der Waals surface area contributed by atoms with E-state index in [-0.39, 0.29) is 11.7 Å². The SMILES string of the molecule is Cc1c(C(=O)N2CCC[C@@H]2C(=O)O)sc2cccc(F)c12.